The number of nitrogens with one attached hydrogen (secondary N) is 3. The Kier molecular flexibility index (Phi) is 13.8. The molecule has 0 aromatic carbocycles. The van der Waals surface area contributed by atoms with E-state index in [1.807, 2.05) is 0 Å². The molecule has 1 unspecified atom stereocenters. The summed E-state index contributed by atoms with van der Waals surface area (Å²) in [5.74, 6) is 0.111. The zero-order valence-electron chi connectivity index (χ0n) is 15.8. The molecule has 3 N–H and O–H groups in total. The zero-order valence-corrected chi connectivity index (χ0v) is 15.8. The Bertz CT molecular complexity index is 334. The largest absolute Gasteiger partial charge is 0.378 e. The maximum atomic E-state index is 11.5. The first kappa shape index (κ1) is 22.3. The molecule has 0 spiro atoms. The van der Waals surface area contributed by atoms with Crippen LogP contribution in [0.3, 0.4) is 0 Å². The van der Waals surface area contributed by atoms with Crippen LogP contribution in [0.1, 0.15) is 39.5 Å². The molecule has 1 fully saturated rings. The molecular weight excluding hydrogens is 324 g/mol. The van der Waals surface area contributed by atoms with Gasteiger partial charge in [-0.15, -0.1) is 0 Å². The molecule has 0 radical (unpaired) electrons. The van der Waals surface area contributed by atoms with E-state index >= 15 is 0 Å². The molecule has 1 atom stereocenters. The molecule has 1 aliphatic rings. The number of hydrogen-bond acceptors (Lipinski definition) is 7. The van der Waals surface area contributed by atoms with Crippen molar-refractivity contribution in [3.63, 3.8) is 0 Å². The monoisotopic (exact) mass is 360 g/mol. The lowest BCUT2D eigenvalue weighted by molar-refractivity contribution is -0.121. The Morgan fingerprint density at radius 2 is 1.76 bits per heavy atom. The molecule has 148 valence electrons. The molecule has 0 bridgehead atoms. The van der Waals surface area contributed by atoms with Crippen LogP contribution in [0, 0.1) is 0 Å². The lowest BCUT2D eigenvalue weighted by atomic mass is 10.2. The zero-order chi connectivity index (χ0) is 18.2. The molecule has 8 nitrogen and oxygen atoms in total. The van der Waals surface area contributed by atoms with Crippen molar-refractivity contribution in [1.82, 2.24) is 21.3 Å². The topological polar surface area (TPSA) is 84.1 Å². The van der Waals surface area contributed by atoms with Gasteiger partial charge < -0.3 is 19.5 Å². The molecule has 0 aromatic rings. The molecule has 8 heteroatoms. The van der Waals surface area contributed by atoms with Gasteiger partial charge in [-0.05, 0) is 13.3 Å². The molecular formula is C17H36N4O4. The van der Waals surface area contributed by atoms with Crippen LogP contribution in [-0.2, 0) is 19.0 Å². The normalized spacial score (nSPS) is 17.9. The molecule has 0 aliphatic carbocycles. The number of carbonyl (C=O) groups is 1. The molecule has 0 aromatic heterocycles. The quantitative estimate of drug-likeness (QED) is 0.345. The summed E-state index contributed by atoms with van der Waals surface area (Å²) in [6.45, 7) is 10.1. The number of ether oxygens (including phenoxy) is 3. The number of rotatable bonds is 16. The highest BCUT2D eigenvalue weighted by atomic mass is 16.5. The second-order valence-electron chi connectivity index (χ2n) is 6.25. The number of hydrogen-bond donors (Lipinski definition) is 3. The van der Waals surface area contributed by atoms with Crippen molar-refractivity contribution in [2.24, 2.45) is 0 Å². The highest BCUT2D eigenvalue weighted by molar-refractivity contribution is 5.75. The van der Waals surface area contributed by atoms with Gasteiger partial charge in [0, 0.05) is 32.1 Å². The summed E-state index contributed by atoms with van der Waals surface area (Å²) in [6.07, 6.45) is 3.81. The van der Waals surface area contributed by atoms with E-state index < -0.39 is 0 Å². The Balaban J connectivity index is 1.72. The number of unbranched alkanes of at least 4 members (excludes halogenated alkanes) is 2. The smallest absolute Gasteiger partial charge is 0.220 e. The van der Waals surface area contributed by atoms with Crippen LogP contribution in [-0.4, -0.2) is 76.2 Å². The van der Waals surface area contributed by atoms with E-state index in [1.54, 1.807) is 0 Å². The van der Waals surface area contributed by atoms with Gasteiger partial charge in [0.15, 0.2) is 0 Å². The van der Waals surface area contributed by atoms with Gasteiger partial charge in [-0.3, -0.25) is 4.79 Å². The van der Waals surface area contributed by atoms with Crippen molar-refractivity contribution < 1.29 is 19.0 Å². The first-order valence-corrected chi connectivity index (χ1v) is 9.48. The Morgan fingerprint density at radius 3 is 2.40 bits per heavy atom. The van der Waals surface area contributed by atoms with E-state index in [1.165, 1.54) is 0 Å². The summed E-state index contributed by atoms with van der Waals surface area (Å²) < 4.78 is 16.4. The first-order valence-electron chi connectivity index (χ1n) is 9.48. The minimum absolute atomic E-state index is 0.111. The van der Waals surface area contributed by atoms with Crippen LogP contribution in [0.5, 0.6) is 0 Å². The molecule has 1 rings (SSSR count). The lowest BCUT2D eigenvalue weighted by Gasteiger charge is -2.14. The Hall–Kier alpha value is -0.770. The molecule has 1 amide bonds. The summed E-state index contributed by atoms with van der Waals surface area (Å²) in [6, 6.07) is 0.470. The summed E-state index contributed by atoms with van der Waals surface area (Å²) in [5.41, 5.74) is 6.23. The van der Waals surface area contributed by atoms with Crippen molar-refractivity contribution in [1.29, 1.82) is 0 Å². The highest BCUT2D eigenvalue weighted by Crippen LogP contribution is 1.98. The third-order valence-corrected chi connectivity index (χ3v) is 3.79. The minimum atomic E-state index is 0.111. The Morgan fingerprint density at radius 1 is 1.08 bits per heavy atom. The predicted molar refractivity (Wildman–Crippen MR) is 96.9 cm³/mol. The SMILES string of the molecule is CCCCCC(=O)NCCOCCOCCOCCN1CC(C)NN1. The van der Waals surface area contributed by atoms with Gasteiger partial charge in [-0.1, -0.05) is 19.8 Å². The van der Waals surface area contributed by atoms with E-state index in [2.05, 4.69) is 35.1 Å². The highest BCUT2D eigenvalue weighted by Gasteiger charge is 2.16. The van der Waals surface area contributed by atoms with Crippen LogP contribution >= 0.6 is 0 Å². The summed E-state index contributed by atoms with van der Waals surface area (Å²) in [7, 11) is 0. The number of amides is 1. The standard InChI is InChI=1S/C17H36N4O4/c1-3-4-5-6-17(22)18-7-9-23-11-13-25-14-12-24-10-8-21-15-16(2)19-20-21/h16,19-20H,3-15H2,1-2H3,(H,18,22). The van der Waals surface area contributed by atoms with Gasteiger partial charge in [0.25, 0.3) is 0 Å². The molecule has 1 aliphatic heterocycles. The summed E-state index contributed by atoms with van der Waals surface area (Å²) in [4.78, 5) is 11.5. The van der Waals surface area contributed by atoms with Crippen molar-refractivity contribution in [2.45, 2.75) is 45.6 Å². The predicted octanol–water partition coefficient (Wildman–Crippen LogP) is 0.446. The first-order chi connectivity index (χ1) is 12.2. The molecule has 1 saturated heterocycles. The fourth-order valence-electron chi connectivity index (χ4n) is 2.37. The van der Waals surface area contributed by atoms with E-state index in [4.69, 9.17) is 14.2 Å². The third kappa shape index (κ3) is 13.1. The average Bonchev–Trinajstić information content (AvgIpc) is 3.01. The van der Waals surface area contributed by atoms with E-state index in [-0.39, 0.29) is 5.91 Å². The van der Waals surface area contributed by atoms with Crippen molar-refractivity contribution in [2.75, 3.05) is 59.3 Å². The minimum Gasteiger partial charge on any atom is -0.378 e. The molecule has 1 heterocycles. The van der Waals surface area contributed by atoms with Crippen molar-refractivity contribution in [3.8, 4) is 0 Å². The molecule has 25 heavy (non-hydrogen) atoms. The van der Waals surface area contributed by atoms with Gasteiger partial charge >= 0.3 is 0 Å². The second-order valence-corrected chi connectivity index (χ2v) is 6.25. The van der Waals surface area contributed by atoms with Gasteiger partial charge in [-0.25, -0.2) is 10.4 Å². The maximum Gasteiger partial charge on any atom is 0.220 e. The third-order valence-electron chi connectivity index (χ3n) is 3.79. The van der Waals surface area contributed by atoms with Gasteiger partial charge in [-0.2, -0.15) is 5.53 Å². The van der Waals surface area contributed by atoms with Gasteiger partial charge in [0.1, 0.15) is 0 Å². The van der Waals surface area contributed by atoms with Crippen LogP contribution in [0.4, 0.5) is 0 Å². The van der Waals surface area contributed by atoms with Crippen LogP contribution in [0.15, 0.2) is 0 Å². The van der Waals surface area contributed by atoms with Crippen molar-refractivity contribution >= 4 is 5.91 Å². The summed E-state index contributed by atoms with van der Waals surface area (Å²) >= 11 is 0. The number of nitrogens with zero attached hydrogens (tertiary/aromatic N) is 1. The van der Waals surface area contributed by atoms with Crippen LogP contribution in [0.25, 0.3) is 0 Å². The van der Waals surface area contributed by atoms with E-state index in [0.717, 1.165) is 32.4 Å². The number of carbonyl (C=O) groups excluding carboxylic acids is 1. The van der Waals surface area contributed by atoms with Crippen molar-refractivity contribution in [3.05, 3.63) is 0 Å². The lowest BCUT2D eigenvalue weighted by Crippen LogP contribution is -2.38. The number of hydrazine groups is 2. The van der Waals surface area contributed by atoms with E-state index in [9.17, 15) is 4.79 Å². The van der Waals surface area contributed by atoms with E-state index in [0.29, 0.717) is 58.6 Å². The molecule has 0 saturated carbocycles. The average molecular weight is 360 g/mol. The van der Waals surface area contributed by atoms with Gasteiger partial charge in [0.2, 0.25) is 5.91 Å². The van der Waals surface area contributed by atoms with Crippen LogP contribution in [0.2, 0.25) is 0 Å². The van der Waals surface area contributed by atoms with Crippen LogP contribution < -0.4 is 16.3 Å². The fraction of sp³-hybridized carbons (Fsp3) is 0.941. The Labute approximate surface area is 151 Å². The maximum absolute atomic E-state index is 11.5. The second kappa shape index (κ2) is 15.5. The fourth-order valence-corrected chi connectivity index (χ4v) is 2.37. The summed E-state index contributed by atoms with van der Waals surface area (Å²) in [5, 5.41) is 4.95. The van der Waals surface area contributed by atoms with Gasteiger partial charge in [0.05, 0.1) is 39.6 Å².